The van der Waals surface area contributed by atoms with E-state index in [2.05, 4.69) is 15.2 Å². The van der Waals surface area contributed by atoms with Crippen LogP contribution in [0.3, 0.4) is 0 Å². The average Bonchev–Trinajstić information content (AvgIpc) is 3.25. The molecule has 1 saturated heterocycles. The molecule has 4 rings (SSSR count). The molecular formula is C24H31N5O4. The predicted octanol–water partition coefficient (Wildman–Crippen LogP) is 3.26. The third kappa shape index (κ3) is 5.32. The molecule has 0 atom stereocenters. The van der Waals surface area contributed by atoms with Crippen LogP contribution in [0, 0.1) is 6.92 Å². The molecule has 1 N–H and O–H groups in total. The Hall–Kier alpha value is -3.01. The van der Waals surface area contributed by atoms with Crippen molar-refractivity contribution in [3.8, 4) is 5.75 Å². The van der Waals surface area contributed by atoms with Crippen molar-refractivity contribution < 1.29 is 19.0 Å². The van der Waals surface area contributed by atoms with Crippen molar-refractivity contribution in [1.82, 2.24) is 19.7 Å². The van der Waals surface area contributed by atoms with E-state index in [0.717, 1.165) is 49.1 Å². The van der Waals surface area contributed by atoms with E-state index in [1.54, 1.807) is 27.4 Å². The van der Waals surface area contributed by atoms with Gasteiger partial charge in [-0.1, -0.05) is 6.07 Å². The fraction of sp³-hybridized carbons (Fsp3) is 0.458. The molecule has 33 heavy (non-hydrogen) atoms. The van der Waals surface area contributed by atoms with Crippen LogP contribution in [-0.4, -0.2) is 72.8 Å². The van der Waals surface area contributed by atoms with Crippen LogP contribution in [0.25, 0.3) is 10.9 Å². The lowest BCUT2D eigenvalue weighted by Gasteiger charge is -2.33. The van der Waals surface area contributed by atoms with Crippen LogP contribution in [0.1, 0.15) is 35.1 Å². The molecule has 3 heterocycles. The highest BCUT2D eigenvalue weighted by molar-refractivity contribution is 6.05. The second-order valence-electron chi connectivity index (χ2n) is 8.27. The molecule has 9 heteroatoms. The largest absolute Gasteiger partial charge is 0.494 e. The zero-order chi connectivity index (χ0) is 23.4. The first-order valence-corrected chi connectivity index (χ1v) is 11.1. The summed E-state index contributed by atoms with van der Waals surface area (Å²) in [6, 6.07) is 9.45. The van der Waals surface area contributed by atoms with Crippen molar-refractivity contribution >= 4 is 22.5 Å². The lowest BCUT2D eigenvalue weighted by molar-refractivity contribution is -0.118. The number of anilines is 1. The number of nitrogens with one attached hydrogen (secondary N) is 1. The number of methoxy groups -OCH3 is 3. The summed E-state index contributed by atoms with van der Waals surface area (Å²) in [5.74, 6) is 0.287. The molecule has 1 fully saturated rings. The summed E-state index contributed by atoms with van der Waals surface area (Å²) in [6.07, 6.45) is 3.83. The van der Waals surface area contributed by atoms with Gasteiger partial charge in [-0.15, -0.1) is 0 Å². The fourth-order valence-corrected chi connectivity index (χ4v) is 4.20. The SMILES string of the molecule is COc1cc2nn(C3CCN(CC(OC)OC)CC3)cc2cc1NC(=O)c1cccc(C)n1. The molecule has 0 aliphatic carbocycles. The summed E-state index contributed by atoms with van der Waals surface area (Å²) in [5.41, 5.74) is 2.58. The second-order valence-corrected chi connectivity index (χ2v) is 8.27. The van der Waals surface area contributed by atoms with Gasteiger partial charge < -0.3 is 19.5 Å². The maximum absolute atomic E-state index is 12.7. The number of hydrogen-bond donors (Lipinski definition) is 1. The molecule has 1 amide bonds. The zero-order valence-electron chi connectivity index (χ0n) is 19.6. The highest BCUT2D eigenvalue weighted by Crippen LogP contribution is 2.32. The molecule has 9 nitrogen and oxygen atoms in total. The first-order valence-electron chi connectivity index (χ1n) is 11.1. The van der Waals surface area contributed by atoms with Gasteiger partial charge in [0, 0.05) is 57.2 Å². The van der Waals surface area contributed by atoms with E-state index < -0.39 is 0 Å². The van der Waals surface area contributed by atoms with Gasteiger partial charge in [0.05, 0.1) is 24.4 Å². The second kappa shape index (κ2) is 10.3. The number of pyridine rings is 1. The smallest absolute Gasteiger partial charge is 0.274 e. The molecule has 176 valence electrons. The number of likely N-dealkylation sites (tertiary alicyclic amines) is 1. The molecule has 0 spiro atoms. The molecular weight excluding hydrogens is 422 g/mol. The first kappa shape index (κ1) is 23.2. The number of fused-ring (bicyclic) bond motifs is 1. The highest BCUT2D eigenvalue weighted by Gasteiger charge is 2.24. The minimum Gasteiger partial charge on any atom is -0.494 e. The summed E-state index contributed by atoms with van der Waals surface area (Å²) < 4.78 is 18.2. The summed E-state index contributed by atoms with van der Waals surface area (Å²) in [5, 5.41) is 8.67. The minimum atomic E-state index is -0.276. The molecule has 1 aliphatic rings. The van der Waals surface area contributed by atoms with Crippen LogP contribution in [-0.2, 0) is 9.47 Å². The van der Waals surface area contributed by atoms with Gasteiger partial charge in [-0.3, -0.25) is 14.4 Å². The van der Waals surface area contributed by atoms with Crippen molar-refractivity contribution in [2.24, 2.45) is 0 Å². The first-order chi connectivity index (χ1) is 16.0. The van der Waals surface area contributed by atoms with Crippen molar-refractivity contribution in [3.63, 3.8) is 0 Å². The van der Waals surface area contributed by atoms with E-state index in [0.29, 0.717) is 23.2 Å². The maximum atomic E-state index is 12.7. The molecule has 0 saturated carbocycles. The van der Waals surface area contributed by atoms with E-state index in [4.69, 9.17) is 19.3 Å². The molecule has 3 aromatic rings. The number of nitrogens with zero attached hydrogens (tertiary/aromatic N) is 4. The molecule has 0 bridgehead atoms. The van der Waals surface area contributed by atoms with E-state index in [-0.39, 0.29) is 12.2 Å². The van der Waals surface area contributed by atoms with Gasteiger partial charge in [-0.25, -0.2) is 4.98 Å². The molecule has 1 aliphatic heterocycles. The zero-order valence-corrected chi connectivity index (χ0v) is 19.6. The van der Waals surface area contributed by atoms with E-state index in [1.165, 1.54) is 0 Å². The topological polar surface area (TPSA) is 90.7 Å². The van der Waals surface area contributed by atoms with E-state index in [1.807, 2.05) is 42.1 Å². The molecule has 1 aromatic carbocycles. The third-order valence-electron chi connectivity index (χ3n) is 6.08. The standard InChI is InChI=1S/C24H31N5O4/c1-16-6-5-7-19(25-16)24(30)26-21-12-17-14-29(27-20(17)13-22(21)31-2)18-8-10-28(11-9-18)15-23(32-3)33-4/h5-7,12-14,18,23H,8-11,15H2,1-4H3,(H,26,30). The van der Waals surface area contributed by atoms with Crippen LogP contribution >= 0.6 is 0 Å². The van der Waals surface area contributed by atoms with Gasteiger partial charge in [0.1, 0.15) is 11.4 Å². The number of piperidine rings is 1. The summed E-state index contributed by atoms with van der Waals surface area (Å²) in [7, 11) is 4.92. The number of ether oxygens (including phenoxy) is 3. The van der Waals surface area contributed by atoms with Gasteiger partial charge in [-0.05, 0) is 38.0 Å². The summed E-state index contributed by atoms with van der Waals surface area (Å²) in [6.45, 7) is 4.53. The summed E-state index contributed by atoms with van der Waals surface area (Å²) >= 11 is 0. The number of hydrogen-bond acceptors (Lipinski definition) is 7. The van der Waals surface area contributed by atoms with Gasteiger partial charge in [0.15, 0.2) is 6.29 Å². The monoisotopic (exact) mass is 453 g/mol. The third-order valence-corrected chi connectivity index (χ3v) is 6.08. The van der Waals surface area contributed by atoms with E-state index >= 15 is 0 Å². The van der Waals surface area contributed by atoms with Crippen LogP contribution in [0.5, 0.6) is 5.75 Å². The Morgan fingerprint density at radius 1 is 1.18 bits per heavy atom. The Morgan fingerprint density at radius 2 is 1.94 bits per heavy atom. The van der Waals surface area contributed by atoms with E-state index in [9.17, 15) is 4.79 Å². The fourth-order valence-electron chi connectivity index (χ4n) is 4.20. The Balaban J connectivity index is 1.48. The van der Waals surface area contributed by atoms with Crippen LogP contribution < -0.4 is 10.1 Å². The van der Waals surface area contributed by atoms with Gasteiger partial charge in [0.25, 0.3) is 5.91 Å². The quantitative estimate of drug-likeness (QED) is 0.524. The van der Waals surface area contributed by atoms with Crippen molar-refractivity contribution in [2.45, 2.75) is 32.1 Å². The molecule has 0 unspecified atom stereocenters. The lowest BCUT2D eigenvalue weighted by Crippen LogP contribution is -2.40. The number of carbonyl (C=O) groups excluding carboxylic acids is 1. The predicted molar refractivity (Wildman–Crippen MR) is 126 cm³/mol. The molecule has 0 radical (unpaired) electrons. The van der Waals surface area contributed by atoms with Gasteiger partial charge in [-0.2, -0.15) is 5.10 Å². The molecule has 2 aromatic heterocycles. The Labute approximate surface area is 193 Å². The summed E-state index contributed by atoms with van der Waals surface area (Å²) in [4.78, 5) is 19.4. The van der Waals surface area contributed by atoms with Gasteiger partial charge in [0.2, 0.25) is 0 Å². The Bertz CT molecular complexity index is 1100. The number of aryl methyl sites for hydroxylation is 1. The normalized spacial score (nSPS) is 15.3. The van der Waals surface area contributed by atoms with Crippen LogP contribution in [0.4, 0.5) is 5.69 Å². The average molecular weight is 454 g/mol. The number of rotatable bonds is 8. The Morgan fingerprint density at radius 3 is 2.61 bits per heavy atom. The van der Waals surface area contributed by atoms with Gasteiger partial charge >= 0.3 is 0 Å². The highest BCUT2D eigenvalue weighted by atomic mass is 16.7. The number of benzene rings is 1. The Kier molecular flexibility index (Phi) is 7.22. The number of aromatic nitrogens is 3. The lowest BCUT2D eigenvalue weighted by atomic mass is 10.1. The van der Waals surface area contributed by atoms with Crippen LogP contribution in [0.15, 0.2) is 36.5 Å². The number of amides is 1. The van der Waals surface area contributed by atoms with Crippen molar-refractivity contribution in [3.05, 3.63) is 47.9 Å². The maximum Gasteiger partial charge on any atom is 0.274 e. The minimum absolute atomic E-state index is 0.204. The van der Waals surface area contributed by atoms with Crippen LogP contribution in [0.2, 0.25) is 0 Å². The number of carbonyl (C=O) groups is 1. The van der Waals surface area contributed by atoms with Crippen molar-refractivity contribution in [2.75, 3.05) is 46.3 Å². The van der Waals surface area contributed by atoms with Crippen molar-refractivity contribution in [1.29, 1.82) is 0 Å².